The minimum atomic E-state index is -0.609. The van der Waals surface area contributed by atoms with Crippen molar-refractivity contribution in [2.75, 3.05) is 13.1 Å². The second-order valence-corrected chi connectivity index (χ2v) is 6.64. The topological polar surface area (TPSA) is 226 Å². The van der Waals surface area contributed by atoms with Crippen LogP contribution in [0.15, 0.2) is 33.3 Å². The Morgan fingerprint density at radius 2 is 1.59 bits per heavy atom. The average Bonchev–Trinajstić information content (AvgIpc) is 2.59. The SMILES string of the molecule is NC(N)=NC[C@@H]1C[C@H](CN=C(N)N)[C@@H](c2ncccc2N=C(N)N)C[C@H]1O. The van der Waals surface area contributed by atoms with E-state index in [1.807, 2.05) is 0 Å². The third-order valence-corrected chi connectivity index (χ3v) is 4.65. The monoisotopic (exact) mass is 376 g/mol. The van der Waals surface area contributed by atoms with Gasteiger partial charge in [-0.05, 0) is 30.9 Å². The van der Waals surface area contributed by atoms with Gasteiger partial charge in [0.2, 0.25) is 0 Å². The standard InChI is InChI=1S/C16H28N10O/c17-14(18)24-6-8-4-9(7-25-15(19)20)12(27)5-10(8)13-11(26-16(21)22)2-1-3-23-13/h1-3,8-10,12,27H,4-7H2,(H4,17,18,24)(H4,19,20,25)(H4,21,22,26)/t8-,9+,10+,12-/m1/s1. The third kappa shape index (κ3) is 5.71. The highest BCUT2D eigenvalue weighted by atomic mass is 16.3. The van der Waals surface area contributed by atoms with Crippen molar-refractivity contribution in [2.45, 2.75) is 24.9 Å². The lowest BCUT2D eigenvalue weighted by Crippen LogP contribution is -2.38. The molecule has 11 nitrogen and oxygen atoms in total. The minimum Gasteiger partial charge on any atom is -0.393 e. The Morgan fingerprint density at radius 3 is 2.19 bits per heavy atom. The van der Waals surface area contributed by atoms with E-state index < -0.39 is 6.10 Å². The smallest absolute Gasteiger partial charge is 0.191 e. The predicted octanol–water partition coefficient (Wildman–Crippen LogP) is -2.00. The first-order valence-electron chi connectivity index (χ1n) is 8.61. The van der Waals surface area contributed by atoms with Gasteiger partial charge < -0.3 is 39.5 Å². The van der Waals surface area contributed by atoms with Crippen molar-refractivity contribution in [3.63, 3.8) is 0 Å². The van der Waals surface area contributed by atoms with Gasteiger partial charge in [-0.15, -0.1) is 0 Å². The highest BCUT2D eigenvalue weighted by Crippen LogP contribution is 2.43. The summed E-state index contributed by atoms with van der Waals surface area (Å²) in [5.74, 6) is -0.295. The first kappa shape index (κ1) is 20.2. The molecule has 2 rings (SSSR count). The summed E-state index contributed by atoms with van der Waals surface area (Å²) in [6.45, 7) is 0.716. The molecular formula is C16H28N10O. The molecule has 1 fully saturated rings. The zero-order valence-corrected chi connectivity index (χ0v) is 15.1. The number of nitrogens with zero attached hydrogens (tertiary/aromatic N) is 4. The summed E-state index contributed by atoms with van der Waals surface area (Å²) in [6, 6.07) is 3.52. The number of pyridine rings is 1. The summed E-state index contributed by atoms with van der Waals surface area (Å²) in [5.41, 5.74) is 34.2. The van der Waals surface area contributed by atoms with Crippen molar-refractivity contribution in [1.29, 1.82) is 0 Å². The maximum atomic E-state index is 10.6. The Labute approximate surface area is 157 Å². The third-order valence-electron chi connectivity index (χ3n) is 4.65. The number of aliphatic imine (C=N–C) groups is 3. The van der Waals surface area contributed by atoms with Gasteiger partial charge in [0.1, 0.15) is 0 Å². The maximum Gasteiger partial charge on any atom is 0.191 e. The molecule has 4 atom stereocenters. The molecule has 1 aliphatic rings. The molecule has 0 aromatic carbocycles. The highest BCUT2D eigenvalue weighted by molar-refractivity contribution is 5.79. The molecule has 1 aromatic heterocycles. The molecule has 1 heterocycles. The molecule has 0 aliphatic heterocycles. The minimum absolute atomic E-state index is 0.00566. The molecule has 13 N–H and O–H groups in total. The number of aliphatic hydroxyl groups excluding tert-OH is 1. The lowest BCUT2D eigenvalue weighted by molar-refractivity contribution is 0.0412. The van der Waals surface area contributed by atoms with Crippen LogP contribution in [0, 0.1) is 11.8 Å². The van der Waals surface area contributed by atoms with Crippen LogP contribution in [0.3, 0.4) is 0 Å². The van der Waals surface area contributed by atoms with E-state index in [-0.39, 0.29) is 35.6 Å². The quantitative estimate of drug-likeness (QED) is 0.216. The summed E-state index contributed by atoms with van der Waals surface area (Å²) in [4.78, 5) is 16.8. The van der Waals surface area contributed by atoms with E-state index in [0.29, 0.717) is 37.3 Å². The summed E-state index contributed by atoms with van der Waals surface area (Å²) < 4.78 is 0. The lowest BCUT2D eigenvalue weighted by Gasteiger charge is -2.38. The Morgan fingerprint density at radius 1 is 0.963 bits per heavy atom. The molecule has 0 saturated heterocycles. The summed E-state index contributed by atoms with van der Waals surface area (Å²) in [5, 5.41) is 10.6. The van der Waals surface area contributed by atoms with E-state index in [1.54, 1.807) is 18.3 Å². The number of hydrogen-bond acceptors (Lipinski definition) is 5. The first-order chi connectivity index (χ1) is 12.8. The van der Waals surface area contributed by atoms with Crippen LogP contribution >= 0.6 is 0 Å². The molecule has 1 aromatic rings. The fourth-order valence-corrected chi connectivity index (χ4v) is 3.46. The van der Waals surface area contributed by atoms with Crippen molar-refractivity contribution in [2.24, 2.45) is 61.2 Å². The van der Waals surface area contributed by atoms with Gasteiger partial charge in [-0.25, -0.2) is 4.99 Å². The van der Waals surface area contributed by atoms with E-state index in [9.17, 15) is 5.11 Å². The predicted molar refractivity (Wildman–Crippen MR) is 106 cm³/mol. The van der Waals surface area contributed by atoms with Gasteiger partial charge in [-0.1, -0.05) is 0 Å². The molecule has 1 aliphatic carbocycles. The van der Waals surface area contributed by atoms with Crippen LogP contribution in [-0.4, -0.2) is 47.2 Å². The Bertz CT molecular complexity index is 720. The van der Waals surface area contributed by atoms with Crippen LogP contribution in [0.25, 0.3) is 0 Å². The van der Waals surface area contributed by atoms with Crippen LogP contribution in [0.1, 0.15) is 24.5 Å². The average molecular weight is 376 g/mol. The van der Waals surface area contributed by atoms with Crippen molar-refractivity contribution in [3.8, 4) is 0 Å². The second kappa shape index (κ2) is 9.03. The first-order valence-corrected chi connectivity index (χ1v) is 8.61. The van der Waals surface area contributed by atoms with Crippen LogP contribution in [0.2, 0.25) is 0 Å². The summed E-state index contributed by atoms with van der Waals surface area (Å²) in [7, 11) is 0. The molecule has 0 unspecified atom stereocenters. The zero-order valence-electron chi connectivity index (χ0n) is 15.1. The molecule has 27 heavy (non-hydrogen) atoms. The van der Waals surface area contributed by atoms with Crippen molar-refractivity contribution < 1.29 is 5.11 Å². The number of hydrogen-bond donors (Lipinski definition) is 7. The molecule has 1 saturated carbocycles. The molecule has 0 radical (unpaired) electrons. The number of rotatable bonds is 6. The number of guanidine groups is 3. The summed E-state index contributed by atoms with van der Waals surface area (Å²) >= 11 is 0. The largest absolute Gasteiger partial charge is 0.393 e. The molecule has 148 valence electrons. The Balaban J connectivity index is 2.35. The van der Waals surface area contributed by atoms with Crippen molar-refractivity contribution in [1.82, 2.24) is 4.98 Å². The Kier molecular flexibility index (Phi) is 6.77. The highest BCUT2D eigenvalue weighted by Gasteiger charge is 2.38. The Hall–Kier alpha value is -3.08. The fraction of sp³-hybridized carbons (Fsp3) is 0.500. The van der Waals surface area contributed by atoms with E-state index in [0.717, 1.165) is 0 Å². The normalized spacial score (nSPS) is 24.6. The van der Waals surface area contributed by atoms with Crippen LogP contribution in [0.4, 0.5) is 5.69 Å². The second-order valence-electron chi connectivity index (χ2n) is 6.64. The lowest BCUT2D eigenvalue weighted by atomic mass is 9.70. The number of aliphatic hydroxyl groups is 1. The van der Waals surface area contributed by atoms with Crippen LogP contribution < -0.4 is 34.4 Å². The van der Waals surface area contributed by atoms with E-state index in [2.05, 4.69) is 20.0 Å². The molecule has 0 bridgehead atoms. The van der Waals surface area contributed by atoms with E-state index >= 15 is 0 Å². The maximum absolute atomic E-state index is 10.6. The van der Waals surface area contributed by atoms with Crippen molar-refractivity contribution >= 4 is 23.6 Å². The van der Waals surface area contributed by atoms with Gasteiger partial charge in [-0.2, -0.15) is 0 Å². The molecular weight excluding hydrogens is 348 g/mol. The van der Waals surface area contributed by atoms with Gasteiger partial charge in [0.25, 0.3) is 0 Å². The zero-order chi connectivity index (χ0) is 20.0. The van der Waals surface area contributed by atoms with E-state index in [1.165, 1.54) is 0 Å². The molecule has 0 spiro atoms. The van der Waals surface area contributed by atoms with Gasteiger partial charge in [0, 0.05) is 31.1 Å². The van der Waals surface area contributed by atoms with Gasteiger partial charge in [0.15, 0.2) is 17.9 Å². The summed E-state index contributed by atoms with van der Waals surface area (Å²) in [6.07, 6.45) is 2.12. The van der Waals surface area contributed by atoms with Crippen molar-refractivity contribution in [3.05, 3.63) is 24.0 Å². The van der Waals surface area contributed by atoms with Gasteiger partial charge >= 0.3 is 0 Å². The van der Waals surface area contributed by atoms with Gasteiger partial charge in [0.05, 0.1) is 17.5 Å². The van der Waals surface area contributed by atoms with Crippen LogP contribution in [0.5, 0.6) is 0 Å². The molecule has 11 heteroatoms. The number of nitrogens with two attached hydrogens (primary N) is 6. The number of aromatic nitrogens is 1. The van der Waals surface area contributed by atoms with E-state index in [4.69, 9.17) is 34.4 Å². The van der Waals surface area contributed by atoms with Crippen LogP contribution in [-0.2, 0) is 0 Å². The molecule has 0 amide bonds. The van der Waals surface area contributed by atoms with Gasteiger partial charge in [-0.3, -0.25) is 15.0 Å². The fourth-order valence-electron chi connectivity index (χ4n) is 3.46.